The number of carbonyl (C=O) groups excluding carboxylic acids is 1. The number of carbonyl (C=O) groups is 1. The highest BCUT2D eigenvalue weighted by molar-refractivity contribution is 5.92. The zero-order valence-electron chi connectivity index (χ0n) is 10.1. The third-order valence-corrected chi connectivity index (χ3v) is 2.98. The van der Waals surface area contributed by atoms with E-state index in [9.17, 15) is 4.79 Å². The molecule has 0 saturated heterocycles. The number of hydrogen-bond acceptors (Lipinski definition) is 2. The smallest absolute Gasteiger partial charge is 0.238 e. The molecule has 0 bridgehead atoms. The maximum atomic E-state index is 11.7. The summed E-state index contributed by atoms with van der Waals surface area (Å²) >= 11 is 0. The number of nitrogens with one attached hydrogen (secondary N) is 2. The Morgan fingerprint density at radius 3 is 2.71 bits per heavy atom. The Morgan fingerprint density at radius 1 is 1.29 bits per heavy atom. The summed E-state index contributed by atoms with van der Waals surface area (Å²) < 4.78 is 0. The summed E-state index contributed by atoms with van der Waals surface area (Å²) in [7, 11) is 0. The monoisotopic (exact) mass is 230 g/mol. The van der Waals surface area contributed by atoms with Gasteiger partial charge >= 0.3 is 0 Å². The van der Waals surface area contributed by atoms with Gasteiger partial charge in [0.15, 0.2) is 0 Å². The number of benzene rings is 1. The van der Waals surface area contributed by atoms with Crippen LogP contribution in [-0.4, -0.2) is 18.5 Å². The molecular formula is C14H18N2O. The van der Waals surface area contributed by atoms with Gasteiger partial charge in [0.05, 0.1) is 6.54 Å². The molecule has 2 rings (SSSR count). The Bertz CT molecular complexity index is 418. The molecule has 1 aliphatic rings. The first-order valence-corrected chi connectivity index (χ1v) is 5.99. The van der Waals surface area contributed by atoms with Crippen LogP contribution in [0.4, 0.5) is 5.69 Å². The van der Waals surface area contributed by atoms with Gasteiger partial charge in [-0.05, 0) is 31.4 Å². The van der Waals surface area contributed by atoms with Crippen molar-refractivity contribution in [3.05, 3.63) is 42.0 Å². The van der Waals surface area contributed by atoms with Crippen molar-refractivity contribution in [2.24, 2.45) is 0 Å². The Kier molecular flexibility index (Phi) is 3.94. The Balaban J connectivity index is 1.79. The highest BCUT2D eigenvalue weighted by Crippen LogP contribution is 2.13. The zero-order valence-corrected chi connectivity index (χ0v) is 10.1. The average molecular weight is 230 g/mol. The fourth-order valence-corrected chi connectivity index (χ4v) is 1.93. The standard InChI is InChI=1S/C14H18N2O/c1-11-6-2-5-9-13(11)16-14(17)10-15-12-7-3-4-8-12/h2-6,9,12,15H,7-8,10H2,1H3,(H,16,17). The van der Waals surface area contributed by atoms with Crippen LogP contribution in [0.3, 0.4) is 0 Å². The molecular weight excluding hydrogens is 212 g/mol. The van der Waals surface area contributed by atoms with Crippen molar-refractivity contribution in [1.82, 2.24) is 5.32 Å². The van der Waals surface area contributed by atoms with Crippen molar-refractivity contribution in [1.29, 1.82) is 0 Å². The maximum absolute atomic E-state index is 11.7. The van der Waals surface area contributed by atoms with Gasteiger partial charge in [-0.25, -0.2) is 0 Å². The molecule has 0 heterocycles. The van der Waals surface area contributed by atoms with Crippen LogP contribution in [0.2, 0.25) is 0 Å². The van der Waals surface area contributed by atoms with Crippen molar-refractivity contribution in [2.45, 2.75) is 25.8 Å². The van der Waals surface area contributed by atoms with Gasteiger partial charge in [-0.1, -0.05) is 30.4 Å². The van der Waals surface area contributed by atoms with Crippen molar-refractivity contribution < 1.29 is 4.79 Å². The summed E-state index contributed by atoms with van der Waals surface area (Å²) in [6.07, 6.45) is 6.35. The number of rotatable bonds is 4. The highest BCUT2D eigenvalue weighted by Gasteiger charge is 2.11. The molecule has 2 N–H and O–H groups in total. The highest BCUT2D eigenvalue weighted by atomic mass is 16.1. The van der Waals surface area contributed by atoms with Crippen LogP contribution >= 0.6 is 0 Å². The largest absolute Gasteiger partial charge is 0.325 e. The third kappa shape index (κ3) is 3.43. The van der Waals surface area contributed by atoms with Crippen LogP contribution in [0, 0.1) is 6.92 Å². The molecule has 0 saturated carbocycles. The molecule has 1 amide bonds. The fourth-order valence-electron chi connectivity index (χ4n) is 1.93. The molecule has 1 aromatic carbocycles. The van der Waals surface area contributed by atoms with E-state index in [1.165, 1.54) is 0 Å². The molecule has 3 heteroatoms. The Morgan fingerprint density at radius 2 is 2.00 bits per heavy atom. The van der Waals surface area contributed by atoms with Crippen molar-refractivity contribution in [2.75, 3.05) is 11.9 Å². The van der Waals surface area contributed by atoms with Crippen LogP contribution < -0.4 is 10.6 Å². The molecule has 90 valence electrons. The maximum Gasteiger partial charge on any atom is 0.238 e. The minimum Gasteiger partial charge on any atom is -0.325 e. The first-order chi connectivity index (χ1) is 8.25. The molecule has 0 aromatic heterocycles. The van der Waals surface area contributed by atoms with Gasteiger partial charge in [-0.2, -0.15) is 0 Å². The number of hydrogen-bond donors (Lipinski definition) is 2. The lowest BCUT2D eigenvalue weighted by Crippen LogP contribution is -2.34. The fraction of sp³-hybridized carbons (Fsp3) is 0.357. The van der Waals surface area contributed by atoms with Crippen molar-refractivity contribution >= 4 is 11.6 Å². The topological polar surface area (TPSA) is 41.1 Å². The van der Waals surface area contributed by atoms with E-state index >= 15 is 0 Å². The van der Waals surface area contributed by atoms with E-state index in [2.05, 4.69) is 22.8 Å². The molecule has 0 atom stereocenters. The normalized spacial score (nSPS) is 15.1. The molecule has 17 heavy (non-hydrogen) atoms. The molecule has 0 spiro atoms. The first-order valence-electron chi connectivity index (χ1n) is 5.99. The lowest BCUT2D eigenvalue weighted by molar-refractivity contribution is -0.115. The minimum absolute atomic E-state index is 0.0196. The van der Waals surface area contributed by atoms with Crippen LogP contribution in [0.5, 0.6) is 0 Å². The van der Waals surface area contributed by atoms with Crippen LogP contribution in [-0.2, 0) is 4.79 Å². The van der Waals surface area contributed by atoms with E-state index in [1.54, 1.807) is 0 Å². The van der Waals surface area contributed by atoms with E-state index in [1.807, 2.05) is 31.2 Å². The van der Waals surface area contributed by atoms with E-state index in [0.29, 0.717) is 12.6 Å². The molecule has 0 aliphatic heterocycles. The van der Waals surface area contributed by atoms with Crippen molar-refractivity contribution in [3.8, 4) is 0 Å². The summed E-state index contributed by atoms with van der Waals surface area (Å²) in [6.45, 7) is 2.37. The van der Waals surface area contributed by atoms with Gasteiger partial charge in [-0.3, -0.25) is 4.79 Å². The van der Waals surface area contributed by atoms with Gasteiger partial charge in [-0.15, -0.1) is 0 Å². The van der Waals surface area contributed by atoms with Gasteiger partial charge in [0, 0.05) is 11.7 Å². The van der Waals surface area contributed by atoms with Gasteiger partial charge in [0.2, 0.25) is 5.91 Å². The molecule has 0 unspecified atom stereocenters. The van der Waals surface area contributed by atoms with Gasteiger partial charge in [0.1, 0.15) is 0 Å². The van der Waals surface area contributed by atoms with Gasteiger partial charge < -0.3 is 10.6 Å². The molecule has 3 nitrogen and oxygen atoms in total. The predicted molar refractivity (Wildman–Crippen MR) is 70.0 cm³/mol. The van der Waals surface area contributed by atoms with Gasteiger partial charge in [0.25, 0.3) is 0 Å². The van der Waals surface area contributed by atoms with E-state index in [4.69, 9.17) is 0 Å². The van der Waals surface area contributed by atoms with E-state index < -0.39 is 0 Å². The molecule has 0 radical (unpaired) electrons. The summed E-state index contributed by atoms with van der Waals surface area (Å²) in [5.41, 5.74) is 1.98. The number of aryl methyl sites for hydroxylation is 1. The summed E-state index contributed by atoms with van der Waals surface area (Å²) in [5.74, 6) is 0.0196. The van der Waals surface area contributed by atoms with Crippen LogP contribution in [0.25, 0.3) is 0 Å². The Labute approximate surface area is 102 Å². The Hall–Kier alpha value is -1.61. The second-order valence-electron chi connectivity index (χ2n) is 4.38. The first kappa shape index (κ1) is 11.9. The molecule has 0 fully saturated rings. The van der Waals surface area contributed by atoms with Crippen LogP contribution in [0.15, 0.2) is 36.4 Å². The summed E-state index contributed by atoms with van der Waals surface area (Å²) in [4.78, 5) is 11.7. The minimum atomic E-state index is 0.0196. The van der Waals surface area contributed by atoms with E-state index in [-0.39, 0.29) is 5.91 Å². The zero-order chi connectivity index (χ0) is 12.1. The summed E-state index contributed by atoms with van der Waals surface area (Å²) in [5, 5.41) is 6.16. The predicted octanol–water partition coefficient (Wildman–Crippen LogP) is 2.24. The third-order valence-electron chi connectivity index (χ3n) is 2.98. The quantitative estimate of drug-likeness (QED) is 0.779. The molecule has 1 aromatic rings. The number of para-hydroxylation sites is 1. The summed E-state index contributed by atoms with van der Waals surface area (Å²) in [6, 6.07) is 8.23. The second-order valence-corrected chi connectivity index (χ2v) is 4.38. The average Bonchev–Trinajstić information content (AvgIpc) is 2.82. The SMILES string of the molecule is Cc1ccccc1NC(=O)CNC1CC=CC1. The lowest BCUT2D eigenvalue weighted by Gasteiger charge is -2.12. The lowest BCUT2D eigenvalue weighted by atomic mass is 10.2. The van der Waals surface area contributed by atoms with Crippen molar-refractivity contribution in [3.63, 3.8) is 0 Å². The number of anilines is 1. The van der Waals surface area contributed by atoms with E-state index in [0.717, 1.165) is 24.1 Å². The van der Waals surface area contributed by atoms with Crippen LogP contribution in [0.1, 0.15) is 18.4 Å². The molecule has 1 aliphatic carbocycles. The second kappa shape index (κ2) is 5.64. The number of amides is 1.